The minimum atomic E-state index is -4.08. The molecule has 0 aliphatic carbocycles. The Kier molecular flexibility index (Phi) is 4.24. The van der Waals surface area contributed by atoms with Gasteiger partial charge in [0.2, 0.25) is 0 Å². The summed E-state index contributed by atoms with van der Waals surface area (Å²) in [6, 6.07) is 6.03. The molecule has 2 nitrogen and oxygen atoms in total. The van der Waals surface area contributed by atoms with Crippen LogP contribution in [0.1, 0.15) is 23.1 Å². The summed E-state index contributed by atoms with van der Waals surface area (Å²) in [4.78, 5) is 0. The molecule has 100 valence electrons. The van der Waals surface area contributed by atoms with Crippen molar-refractivity contribution in [3.05, 3.63) is 34.9 Å². The molecule has 1 aliphatic heterocycles. The van der Waals surface area contributed by atoms with Gasteiger partial charge in [0.1, 0.15) is 0 Å². The van der Waals surface area contributed by atoms with Gasteiger partial charge in [-0.1, -0.05) is 18.2 Å². The molecule has 18 heavy (non-hydrogen) atoms. The van der Waals surface area contributed by atoms with E-state index in [0.29, 0.717) is 6.54 Å². The Morgan fingerprint density at radius 1 is 1.28 bits per heavy atom. The Morgan fingerprint density at radius 2 is 2.11 bits per heavy atom. The summed E-state index contributed by atoms with van der Waals surface area (Å²) in [5, 5.41) is 6.15. The molecule has 2 rings (SSSR count). The second-order valence-corrected chi connectivity index (χ2v) is 4.52. The molecule has 0 unspecified atom stereocenters. The van der Waals surface area contributed by atoms with Crippen LogP contribution in [0.3, 0.4) is 0 Å². The predicted molar refractivity (Wildman–Crippen MR) is 64.2 cm³/mol. The zero-order chi connectivity index (χ0) is 13.0. The second-order valence-electron chi connectivity index (χ2n) is 4.52. The molecule has 0 radical (unpaired) electrons. The van der Waals surface area contributed by atoms with Crippen LogP contribution in [-0.2, 0) is 19.5 Å². The molecule has 0 amide bonds. The van der Waals surface area contributed by atoms with Crippen LogP contribution in [-0.4, -0.2) is 19.3 Å². The van der Waals surface area contributed by atoms with Crippen molar-refractivity contribution in [2.45, 2.75) is 32.1 Å². The van der Waals surface area contributed by atoms with Crippen LogP contribution in [0.4, 0.5) is 13.2 Å². The largest absolute Gasteiger partial charge is 0.390 e. The van der Waals surface area contributed by atoms with Crippen LogP contribution in [0, 0.1) is 0 Å². The highest BCUT2D eigenvalue weighted by Crippen LogP contribution is 2.20. The third-order valence-corrected chi connectivity index (χ3v) is 3.14. The molecule has 0 saturated heterocycles. The lowest BCUT2D eigenvalue weighted by molar-refractivity contribution is -0.133. The highest BCUT2D eigenvalue weighted by molar-refractivity contribution is 5.36. The molecule has 5 heteroatoms. The minimum Gasteiger partial charge on any atom is -0.312 e. The van der Waals surface area contributed by atoms with Crippen molar-refractivity contribution in [1.82, 2.24) is 10.6 Å². The lowest BCUT2D eigenvalue weighted by Gasteiger charge is -2.20. The fourth-order valence-corrected chi connectivity index (χ4v) is 2.23. The van der Waals surface area contributed by atoms with E-state index in [1.807, 2.05) is 12.1 Å². The molecule has 1 aromatic rings. The van der Waals surface area contributed by atoms with E-state index in [0.717, 1.165) is 25.1 Å². The number of benzene rings is 1. The van der Waals surface area contributed by atoms with Gasteiger partial charge in [0.05, 0.1) is 6.42 Å². The second kappa shape index (κ2) is 5.71. The van der Waals surface area contributed by atoms with Gasteiger partial charge >= 0.3 is 6.18 Å². The van der Waals surface area contributed by atoms with Crippen LogP contribution in [0.5, 0.6) is 0 Å². The fraction of sp³-hybridized carbons (Fsp3) is 0.538. The Balaban J connectivity index is 1.90. The highest BCUT2D eigenvalue weighted by atomic mass is 19.4. The van der Waals surface area contributed by atoms with E-state index in [9.17, 15) is 13.2 Å². The molecular weight excluding hydrogens is 241 g/mol. The van der Waals surface area contributed by atoms with E-state index in [2.05, 4.69) is 16.7 Å². The molecule has 0 aromatic heterocycles. The first-order chi connectivity index (χ1) is 8.56. The summed E-state index contributed by atoms with van der Waals surface area (Å²) < 4.78 is 36.0. The van der Waals surface area contributed by atoms with Gasteiger partial charge < -0.3 is 10.6 Å². The van der Waals surface area contributed by atoms with Crippen molar-refractivity contribution in [2.75, 3.05) is 13.1 Å². The number of hydrogen-bond donors (Lipinski definition) is 2. The minimum absolute atomic E-state index is 0.0224. The van der Waals surface area contributed by atoms with Gasteiger partial charge in [-0.2, -0.15) is 13.2 Å². The van der Waals surface area contributed by atoms with Crippen LogP contribution in [0.15, 0.2) is 18.2 Å². The van der Waals surface area contributed by atoms with Crippen LogP contribution in [0.2, 0.25) is 0 Å². The summed E-state index contributed by atoms with van der Waals surface area (Å²) in [7, 11) is 0. The molecule has 1 aliphatic rings. The van der Waals surface area contributed by atoms with Crippen LogP contribution in [0.25, 0.3) is 0 Å². The molecule has 0 bridgehead atoms. The Morgan fingerprint density at radius 3 is 2.89 bits per heavy atom. The van der Waals surface area contributed by atoms with Crippen molar-refractivity contribution in [2.24, 2.45) is 0 Å². The van der Waals surface area contributed by atoms with Crippen molar-refractivity contribution in [1.29, 1.82) is 0 Å². The normalized spacial score (nSPS) is 15.5. The third-order valence-electron chi connectivity index (χ3n) is 3.14. The van der Waals surface area contributed by atoms with Gasteiger partial charge in [0.15, 0.2) is 0 Å². The number of hydrogen-bond acceptors (Lipinski definition) is 2. The summed E-state index contributed by atoms with van der Waals surface area (Å²) in [5.74, 6) is 0. The topological polar surface area (TPSA) is 24.1 Å². The number of halogens is 3. The van der Waals surface area contributed by atoms with Gasteiger partial charge in [-0.05, 0) is 29.7 Å². The van der Waals surface area contributed by atoms with E-state index < -0.39 is 12.6 Å². The zero-order valence-corrected chi connectivity index (χ0v) is 10.1. The van der Waals surface area contributed by atoms with Gasteiger partial charge in [-0.3, -0.25) is 0 Å². The van der Waals surface area contributed by atoms with Crippen molar-refractivity contribution >= 4 is 0 Å². The smallest absolute Gasteiger partial charge is 0.312 e. The van der Waals surface area contributed by atoms with Crippen molar-refractivity contribution in [3.63, 3.8) is 0 Å². The summed E-state index contributed by atoms with van der Waals surface area (Å²) >= 11 is 0. The fourth-order valence-electron chi connectivity index (χ4n) is 2.23. The first kappa shape index (κ1) is 13.4. The van der Waals surface area contributed by atoms with Gasteiger partial charge in [0, 0.05) is 19.6 Å². The van der Waals surface area contributed by atoms with E-state index in [1.54, 1.807) is 0 Å². The van der Waals surface area contributed by atoms with Crippen LogP contribution < -0.4 is 10.6 Å². The predicted octanol–water partition coefficient (Wildman–Crippen LogP) is 2.37. The molecule has 0 saturated carbocycles. The number of rotatable bonds is 4. The van der Waals surface area contributed by atoms with Gasteiger partial charge in [-0.15, -0.1) is 0 Å². The molecule has 0 spiro atoms. The Bertz CT molecular complexity index is 402. The molecule has 2 N–H and O–H groups in total. The van der Waals surface area contributed by atoms with E-state index in [4.69, 9.17) is 0 Å². The number of alkyl halides is 3. The van der Waals surface area contributed by atoms with Crippen molar-refractivity contribution in [3.8, 4) is 0 Å². The maximum Gasteiger partial charge on any atom is 0.390 e. The third kappa shape index (κ3) is 3.71. The van der Waals surface area contributed by atoms with Crippen LogP contribution >= 0.6 is 0 Å². The highest BCUT2D eigenvalue weighted by Gasteiger charge is 2.25. The number of nitrogens with one attached hydrogen (secondary N) is 2. The van der Waals surface area contributed by atoms with E-state index in [1.165, 1.54) is 11.1 Å². The summed E-state index contributed by atoms with van der Waals surface area (Å²) in [6.07, 6.45) is -3.90. The van der Waals surface area contributed by atoms with E-state index >= 15 is 0 Å². The quantitative estimate of drug-likeness (QED) is 0.810. The summed E-state index contributed by atoms with van der Waals surface area (Å²) in [6.45, 7) is 2.28. The maximum absolute atomic E-state index is 12.0. The first-order valence-corrected chi connectivity index (χ1v) is 6.14. The lowest BCUT2D eigenvalue weighted by atomic mass is 9.95. The SMILES string of the molecule is FC(F)(F)CCNCc1cccc2c1CCNC2. The average molecular weight is 258 g/mol. The molecule has 0 atom stereocenters. The average Bonchev–Trinajstić information content (AvgIpc) is 2.33. The molecular formula is C13H17F3N2. The number of fused-ring (bicyclic) bond motifs is 1. The monoisotopic (exact) mass is 258 g/mol. The van der Waals surface area contributed by atoms with Gasteiger partial charge in [-0.25, -0.2) is 0 Å². The summed E-state index contributed by atoms with van der Waals surface area (Å²) in [5.41, 5.74) is 3.67. The Labute approximate surface area is 105 Å². The van der Waals surface area contributed by atoms with E-state index in [-0.39, 0.29) is 6.54 Å². The molecule has 1 heterocycles. The van der Waals surface area contributed by atoms with Gasteiger partial charge in [0.25, 0.3) is 0 Å². The zero-order valence-electron chi connectivity index (χ0n) is 10.1. The first-order valence-electron chi connectivity index (χ1n) is 6.14. The molecule has 1 aromatic carbocycles. The Hall–Kier alpha value is -1.07. The lowest BCUT2D eigenvalue weighted by Crippen LogP contribution is -2.26. The molecule has 0 fully saturated rings. The standard InChI is InChI=1S/C13H17F3N2/c14-13(15,16)5-7-18-9-11-3-1-2-10-8-17-6-4-12(10)11/h1-3,17-18H,4-9H2. The van der Waals surface area contributed by atoms with Crippen molar-refractivity contribution < 1.29 is 13.2 Å². The maximum atomic E-state index is 12.0.